The van der Waals surface area contributed by atoms with E-state index in [4.69, 9.17) is 23.2 Å². The van der Waals surface area contributed by atoms with Gasteiger partial charge in [-0.2, -0.15) is 0 Å². The van der Waals surface area contributed by atoms with Gasteiger partial charge in [0, 0.05) is 5.56 Å². The van der Waals surface area contributed by atoms with Crippen molar-refractivity contribution in [3.63, 3.8) is 0 Å². The Bertz CT molecular complexity index is 578. The van der Waals surface area contributed by atoms with Crippen LogP contribution in [0.2, 0.25) is 8.67 Å². The maximum absolute atomic E-state index is 6.23. The highest BCUT2D eigenvalue weighted by Crippen LogP contribution is 2.41. The van der Waals surface area contributed by atoms with Crippen molar-refractivity contribution in [1.29, 1.82) is 0 Å². The molecule has 0 bridgehead atoms. The van der Waals surface area contributed by atoms with Gasteiger partial charge in [-0.25, -0.2) is 0 Å². The topological polar surface area (TPSA) is 0 Å². The summed E-state index contributed by atoms with van der Waals surface area (Å²) in [5.41, 5.74) is 5.09. The van der Waals surface area contributed by atoms with Crippen LogP contribution in [-0.4, -0.2) is 0 Å². The van der Waals surface area contributed by atoms with Gasteiger partial charge >= 0.3 is 0 Å². The van der Waals surface area contributed by atoms with E-state index in [-0.39, 0.29) is 4.83 Å². The van der Waals surface area contributed by atoms with Crippen molar-refractivity contribution >= 4 is 50.5 Å². The van der Waals surface area contributed by atoms with Crippen molar-refractivity contribution in [2.24, 2.45) is 0 Å². The molecule has 2 aromatic rings. The van der Waals surface area contributed by atoms with Gasteiger partial charge in [0.05, 0.1) is 13.5 Å². The zero-order chi connectivity index (χ0) is 14.0. The van der Waals surface area contributed by atoms with Crippen molar-refractivity contribution in [3.8, 4) is 0 Å². The molecule has 0 aliphatic rings. The average molecular weight is 378 g/mol. The molecule has 1 aromatic carbocycles. The summed E-state index contributed by atoms with van der Waals surface area (Å²) in [5, 5.41) is 0. The lowest BCUT2D eigenvalue weighted by Crippen LogP contribution is -1.97. The summed E-state index contributed by atoms with van der Waals surface area (Å²) in [5.74, 6) is 0. The largest absolute Gasteiger partial charge is 0.111 e. The van der Waals surface area contributed by atoms with Crippen molar-refractivity contribution in [1.82, 2.24) is 0 Å². The number of alkyl halides is 1. The predicted octanol–water partition coefficient (Wildman–Crippen LogP) is 6.66. The molecular formula is C15H15BrCl2S. The van der Waals surface area contributed by atoms with Crippen molar-refractivity contribution < 1.29 is 0 Å². The number of aryl methyl sites for hydroxylation is 2. The maximum atomic E-state index is 6.23. The minimum absolute atomic E-state index is 0.0972. The minimum Gasteiger partial charge on any atom is -0.111 e. The second kappa shape index (κ2) is 6.62. The molecule has 2 rings (SSSR count). The standard InChI is InChI=1S/C15H15BrCl2S/c1-3-9-5-6-11(7-10(9)4-2)14(16)12-8-13(17)19-15(12)18/h5-8,14H,3-4H2,1-2H3. The second-order valence-corrected chi connectivity index (χ2v) is 7.58. The van der Waals surface area contributed by atoms with E-state index < -0.39 is 0 Å². The molecule has 0 aliphatic heterocycles. The van der Waals surface area contributed by atoms with Gasteiger partial charge < -0.3 is 0 Å². The van der Waals surface area contributed by atoms with Crippen LogP contribution in [0.5, 0.6) is 0 Å². The lowest BCUT2D eigenvalue weighted by atomic mass is 9.97. The normalized spacial score (nSPS) is 12.7. The highest BCUT2D eigenvalue weighted by atomic mass is 79.9. The van der Waals surface area contributed by atoms with E-state index in [0.717, 1.165) is 27.1 Å². The Morgan fingerprint density at radius 2 is 1.79 bits per heavy atom. The number of hydrogen-bond donors (Lipinski definition) is 0. The Labute approximate surface area is 136 Å². The van der Waals surface area contributed by atoms with Gasteiger partial charge in [0.25, 0.3) is 0 Å². The zero-order valence-electron chi connectivity index (χ0n) is 10.8. The smallest absolute Gasteiger partial charge is 0.0990 e. The Kier molecular flexibility index (Phi) is 5.36. The fourth-order valence-electron chi connectivity index (χ4n) is 2.18. The third kappa shape index (κ3) is 3.36. The van der Waals surface area contributed by atoms with Gasteiger partial charge in [0.1, 0.15) is 0 Å². The molecule has 4 heteroatoms. The third-order valence-electron chi connectivity index (χ3n) is 3.24. The molecule has 1 atom stereocenters. The molecule has 102 valence electrons. The molecule has 0 spiro atoms. The van der Waals surface area contributed by atoms with Crippen LogP contribution in [0.25, 0.3) is 0 Å². The van der Waals surface area contributed by atoms with E-state index in [9.17, 15) is 0 Å². The van der Waals surface area contributed by atoms with E-state index in [1.807, 2.05) is 6.07 Å². The van der Waals surface area contributed by atoms with E-state index in [0.29, 0.717) is 0 Å². The molecular weight excluding hydrogens is 363 g/mol. The molecule has 0 saturated heterocycles. The third-order valence-corrected chi connectivity index (χ3v) is 5.78. The maximum Gasteiger partial charge on any atom is 0.0990 e. The van der Waals surface area contributed by atoms with Crippen LogP contribution in [0.3, 0.4) is 0 Å². The first kappa shape index (κ1) is 15.4. The summed E-state index contributed by atoms with van der Waals surface area (Å²) >= 11 is 17.4. The predicted molar refractivity (Wildman–Crippen MR) is 90.3 cm³/mol. The van der Waals surface area contributed by atoms with E-state index in [1.54, 1.807) is 0 Å². The first-order valence-corrected chi connectivity index (χ1v) is 8.76. The fourth-order valence-corrected chi connectivity index (χ4v) is 4.64. The van der Waals surface area contributed by atoms with Crippen LogP contribution < -0.4 is 0 Å². The molecule has 0 saturated carbocycles. The summed E-state index contributed by atoms with van der Waals surface area (Å²) < 4.78 is 1.48. The van der Waals surface area contributed by atoms with Gasteiger partial charge in [-0.05, 0) is 35.6 Å². The van der Waals surface area contributed by atoms with Gasteiger partial charge in [0.2, 0.25) is 0 Å². The summed E-state index contributed by atoms with van der Waals surface area (Å²) in [6.45, 7) is 4.38. The number of thiophene rings is 1. The first-order valence-electron chi connectivity index (χ1n) is 6.27. The molecule has 0 radical (unpaired) electrons. The number of rotatable bonds is 4. The molecule has 1 heterocycles. The highest BCUT2D eigenvalue weighted by molar-refractivity contribution is 9.09. The summed E-state index contributed by atoms with van der Waals surface area (Å²) in [6, 6.07) is 8.58. The molecule has 0 fully saturated rings. The van der Waals surface area contributed by atoms with Gasteiger partial charge in [-0.3, -0.25) is 0 Å². The van der Waals surface area contributed by atoms with E-state index in [1.165, 1.54) is 28.0 Å². The molecule has 1 aromatic heterocycles. The summed E-state index contributed by atoms with van der Waals surface area (Å²) in [7, 11) is 0. The van der Waals surface area contributed by atoms with E-state index >= 15 is 0 Å². The molecule has 0 amide bonds. The number of hydrogen-bond acceptors (Lipinski definition) is 1. The Morgan fingerprint density at radius 1 is 1.11 bits per heavy atom. The Balaban J connectivity index is 2.39. The van der Waals surface area contributed by atoms with Gasteiger partial charge in [-0.15, -0.1) is 11.3 Å². The second-order valence-electron chi connectivity index (χ2n) is 4.38. The zero-order valence-corrected chi connectivity index (χ0v) is 14.8. The van der Waals surface area contributed by atoms with Crippen molar-refractivity contribution in [3.05, 3.63) is 55.2 Å². The van der Waals surface area contributed by atoms with Crippen LogP contribution >= 0.6 is 50.5 Å². The van der Waals surface area contributed by atoms with Crippen LogP contribution in [0.15, 0.2) is 24.3 Å². The minimum atomic E-state index is 0.0972. The first-order chi connectivity index (χ1) is 9.06. The Hall–Kier alpha value is -0.0200. The number of halogens is 3. The lowest BCUT2D eigenvalue weighted by Gasteiger charge is -2.13. The van der Waals surface area contributed by atoms with Gasteiger partial charge in [0.15, 0.2) is 0 Å². The molecule has 19 heavy (non-hydrogen) atoms. The molecule has 0 aliphatic carbocycles. The summed E-state index contributed by atoms with van der Waals surface area (Å²) in [4.78, 5) is 0.0972. The van der Waals surface area contributed by atoms with Crippen LogP contribution in [-0.2, 0) is 12.8 Å². The number of benzene rings is 1. The van der Waals surface area contributed by atoms with Crippen molar-refractivity contribution in [2.75, 3.05) is 0 Å². The van der Waals surface area contributed by atoms with Crippen LogP contribution in [0, 0.1) is 0 Å². The Morgan fingerprint density at radius 3 is 2.32 bits per heavy atom. The molecule has 1 unspecified atom stereocenters. The fraction of sp³-hybridized carbons (Fsp3) is 0.333. The van der Waals surface area contributed by atoms with Crippen molar-refractivity contribution in [2.45, 2.75) is 31.5 Å². The van der Waals surface area contributed by atoms with Gasteiger partial charge in [-0.1, -0.05) is 71.2 Å². The molecule has 0 N–H and O–H groups in total. The SMILES string of the molecule is CCc1ccc(C(Br)c2cc(Cl)sc2Cl)cc1CC. The van der Waals surface area contributed by atoms with Crippen LogP contribution in [0.1, 0.15) is 40.9 Å². The monoisotopic (exact) mass is 376 g/mol. The quantitative estimate of drug-likeness (QED) is 0.522. The average Bonchev–Trinajstić information content (AvgIpc) is 2.76. The lowest BCUT2D eigenvalue weighted by molar-refractivity contribution is 1.02. The van der Waals surface area contributed by atoms with E-state index in [2.05, 4.69) is 48.0 Å². The molecule has 0 nitrogen and oxygen atoms in total. The highest BCUT2D eigenvalue weighted by Gasteiger charge is 2.17. The summed E-state index contributed by atoms with van der Waals surface area (Å²) in [6.07, 6.45) is 2.12. The van der Waals surface area contributed by atoms with Crippen LogP contribution in [0.4, 0.5) is 0 Å².